The molecule has 0 bridgehead atoms. The minimum Gasteiger partial charge on any atom is -0.494 e. The number of hydrogen-bond donors (Lipinski definition) is 0. The van der Waals surface area contributed by atoms with E-state index in [1.54, 1.807) is 7.11 Å². The first-order valence-electron chi connectivity index (χ1n) is 7.44. The van der Waals surface area contributed by atoms with Crippen LogP contribution in [0.15, 0.2) is 70.9 Å². The number of para-hydroxylation sites is 1. The second-order valence-corrected chi connectivity index (χ2v) is 5.42. The molecule has 0 fully saturated rings. The van der Waals surface area contributed by atoms with Crippen molar-refractivity contribution >= 4 is 27.8 Å². The second-order valence-electron chi connectivity index (χ2n) is 5.42. The van der Waals surface area contributed by atoms with E-state index in [0.29, 0.717) is 5.75 Å². The lowest BCUT2D eigenvalue weighted by atomic mass is 10.1. The molecular weight excluding hydrogens is 286 g/mol. The first-order valence-corrected chi connectivity index (χ1v) is 7.44. The van der Waals surface area contributed by atoms with Crippen molar-refractivity contribution in [2.75, 3.05) is 26.1 Å². The molecule has 0 aliphatic heterocycles. The maximum Gasteiger partial charge on any atom is 0.146 e. The Bertz CT molecular complexity index is 856. The van der Waals surface area contributed by atoms with Gasteiger partial charge in [0.2, 0.25) is 0 Å². The van der Waals surface area contributed by atoms with E-state index in [2.05, 4.69) is 33.3 Å². The number of azo groups is 1. The van der Waals surface area contributed by atoms with Crippen LogP contribution in [-0.4, -0.2) is 21.2 Å². The Balaban J connectivity index is 2.07. The van der Waals surface area contributed by atoms with Crippen LogP contribution < -0.4 is 9.64 Å². The summed E-state index contributed by atoms with van der Waals surface area (Å²) in [5.41, 5.74) is 2.73. The molecule has 3 aromatic rings. The van der Waals surface area contributed by atoms with E-state index in [1.807, 2.05) is 56.6 Å². The Hall–Kier alpha value is -2.88. The molecule has 0 unspecified atom stereocenters. The van der Waals surface area contributed by atoms with Crippen molar-refractivity contribution in [3.05, 3.63) is 60.7 Å². The predicted molar refractivity (Wildman–Crippen MR) is 95.4 cm³/mol. The van der Waals surface area contributed by atoms with E-state index in [-0.39, 0.29) is 0 Å². The normalized spacial score (nSPS) is 11.1. The van der Waals surface area contributed by atoms with Gasteiger partial charge in [-0.25, -0.2) is 0 Å². The highest BCUT2D eigenvalue weighted by Gasteiger charge is 2.07. The fourth-order valence-electron chi connectivity index (χ4n) is 2.56. The summed E-state index contributed by atoms with van der Waals surface area (Å²) in [6.07, 6.45) is 0. The molecule has 0 aromatic heterocycles. The lowest BCUT2D eigenvalue weighted by molar-refractivity contribution is 0.416. The van der Waals surface area contributed by atoms with Crippen LogP contribution in [-0.2, 0) is 0 Å². The molecule has 116 valence electrons. The van der Waals surface area contributed by atoms with Crippen LogP contribution >= 0.6 is 0 Å². The lowest BCUT2D eigenvalue weighted by Crippen LogP contribution is -2.08. The zero-order valence-corrected chi connectivity index (χ0v) is 13.5. The summed E-state index contributed by atoms with van der Waals surface area (Å²) >= 11 is 0. The number of fused-ring (bicyclic) bond motifs is 1. The van der Waals surface area contributed by atoms with E-state index in [4.69, 9.17) is 4.74 Å². The van der Waals surface area contributed by atoms with Crippen LogP contribution in [0.4, 0.5) is 17.1 Å². The monoisotopic (exact) mass is 305 g/mol. The van der Waals surface area contributed by atoms with Crippen molar-refractivity contribution in [3.8, 4) is 5.75 Å². The lowest BCUT2D eigenvalue weighted by Gasteiger charge is -2.16. The second kappa shape index (κ2) is 6.48. The maximum atomic E-state index is 5.31. The average Bonchev–Trinajstić information content (AvgIpc) is 2.59. The smallest absolute Gasteiger partial charge is 0.146 e. The molecule has 0 radical (unpaired) electrons. The van der Waals surface area contributed by atoms with Crippen molar-refractivity contribution in [1.29, 1.82) is 0 Å². The van der Waals surface area contributed by atoms with Crippen LogP contribution in [0.1, 0.15) is 0 Å². The zero-order chi connectivity index (χ0) is 16.2. The summed E-state index contributed by atoms with van der Waals surface area (Å²) in [7, 11) is 5.71. The van der Waals surface area contributed by atoms with Crippen LogP contribution in [0.25, 0.3) is 10.8 Å². The highest BCUT2D eigenvalue weighted by molar-refractivity contribution is 6.01. The van der Waals surface area contributed by atoms with E-state index in [9.17, 15) is 0 Å². The van der Waals surface area contributed by atoms with Crippen LogP contribution in [0.2, 0.25) is 0 Å². The molecule has 4 nitrogen and oxygen atoms in total. The summed E-state index contributed by atoms with van der Waals surface area (Å²) in [4.78, 5) is 2.10. The molecule has 0 N–H and O–H groups in total. The van der Waals surface area contributed by atoms with Gasteiger partial charge in [0, 0.05) is 30.6 Å². The highest BCUT2D eigenvalue weighted by Crippen LogP contribution is 2.35. The first-order chi connectivity index (χ1) is 11.2. The topological polar surface area (TPSA) is 37.2 Å². The number of methoxy groups -OCH3 is 1. The standard InChI is InChI=1S/C19H19N3O/c1-22(2)18-13-12-16(14-8-4-5-9-15(14)18)20-21-17-10-6-7-11-19(17)23-3/h4-13H,1-3H3. The van der Waals surface area contributed by atoms with Crippen molar-refractivity contribution < 1.29 is 4.74 Å². The molecule has 3 aromatic carbocycles. The molecular formula is C19H19N3O. The Morgan fingerprint density at radius 2 is 1.39 bits per heavy atom. The van der Waals surface area contributed by atoms with Crippen LogP contribution in [0, 0.1) is 0 Å². The average molecular weight is 305 g/mol. The summed E-state index contributed by atoms with van der Waals surface area (Å²) in [6.45, 7) is 0. The minimum atomic E-state index is 0.713. The van der Waals surface area contributed by atoms with Gasteiger partial charge in [0.25, 0.3) is 0 Å². The molecule has 3 rings (SSSR count). The van der Waals surface area contributed by atoms with Crippen molar-refractivity contribution in [2.45, 2.75) is 0 Å². The minimum absolute atomic E-state index is 0.713. The third kappa shape index (κ3) is 3.01. The molecule has 0 saturated carbocycles. The van der Waals surface area contributed by atoms with Gasteiger partial charge in [0.05, 0.1) is 12.8 Å². The number of hydrogen-bond acceptors (Lipinski definition) is 4. The van der Waals surface area contributed by atoms with Gasteiger partial charge in [-0.3, -0.25) is 0 Å². The number of rotatable bonds is 4. The van der Waals surface area contributed by atoms with Gasteiger partial charge < -0.3 is 9.64 Å². The molecule has 0 aliphatic rings. The maximum absolute atomic E-state index is 5.31. The Morgan fingerprint density at radius 3 is 2.13 bits per heavy atom. The number of anilines is 1. The van der Waals surface area contributed by atoms with Gasteiger partial charge in [-0.05, 0) is 24.3 Å². The van der Waals surface area contributed by atoms with Crippen LogP contribution in [0.5, 0.6) is 5.75 Å². The van der Waals surface area contributed by atoms with Crippen molar-refractivity contribution in [2.24, 2.45) is 10.2 Å². The molecule has 4 heteroatoms. The van der Waals surface area contributed by atoms with E-state index >= 15 is 0 Å². The third-order valence-electron chi connectivity index (χ3n) is 3.71. The van der Waals surface area contributed by atoms with Crippen molar-refractivity contribution in [1.82, 2.24) is 0 Å². The molecule has 0 spiro atoms. The summed E-state index contributed by atoms with van der Waals surface area (Å²) in [5.74, 6) is 0.713. The SMILES string of the molecule is COc1ccccc1N=Nc1ccc(N(C)C)c2ccccc12. The highest BCUT2D eigenvalue weighted by atomic mass is 16.5. The predicted octanol–water partition coefficient (Wildman–Crippen LogP) is 5.33. The molecule has 0 heterocycles. The summed E-state index contributed by atoms with van der Waals surface area (Å²) in [6, 6.07) is 19.9. The van der Waals surface area contributed by atoms with E-state index < -0.39 is 0 Å². The van der Waals surface area contributed by atoms with E-state index in [1.165, 1.54) is 0 Å². The fraction of sp³-hybridized carbons (Fsp3) is 0.158. The van der Waals surface area contributed by atoms with E-state index in [0.717, 1.165) is 27.8 Å². The summed E-state index contributed by atoms with van der Waals surface area (Å²) in [5, 5.41) is 11.0. The quantitative estimate of drug-likeness (QED) is 0.611. The summed E-state index contributed by atoms with van der Waals surface area (Å²) < 4.78 is 5.31. The van der Waals surface area contributed by atoms with Crippen LogP contribution in [0.3, 0.4) is 0 Å². The zero-order valence-electron chi connectivity index (χ0n) is 13.5. The Kier molecular flexibility index (Phi) is 4.24. The van der Waals surface area contributed by atoms with Gasteiger partial charge in [0.15, 0.2) is 0 Å². The first kappa shape index (κ1) is 15.0. The molecule has 0 saturated heterocycles. The van der Waals surface area contributed by atoms with Gasteiger partial charge in [0.1, 0.15) is 11.4 Å². The largest absolute Gasteiger partial charge is 0.494 e. The Labute approximate surface area is 136 Å². The third-order valence-corrected chi connectivity index (χ3v) is 3.71. The Morgan fingerprint density at radius 1 is 0.739 bits per heavy atom. The molecule has 0 amide bonds. The molecule has 23 heavy (non-hydrogen) atoms. The van der Waals surface area contributed by atoms with Gasteiger partial charge in [-0.15, -0.1) is 10.2 Å². The van der Waals surface area contributed by atoms with Gasteiger partial charge in [-0.1, -0.05) is 36.4 Å². The number of benzene rings is 3. The van der Waals surface area contributed by atoms with Gasteiger partial charge in [-0.2, -0.15) is 0 Å². The molecule has 0 atom stereocenters. The fourth-order valence-corrected chi connectivity index (χ4v) is 2.56. The molecule has 0 aliphatic carbocycles. The number of ether oxygens (including phenoxy) is 1. The number of nitrogens with zero attached hydrogens (tertiary/aromatic N) is 3. The van der Waals surface area contributed by atoms with Gasteiger partial charge >= 0.3 is 0 Å². The van der Waals surface area contributed by atoms with Crippen molar-refractivity contribution in [3.63, 3.8) is 0 Å².